The van der Waals surface area contributed by atoms with Crippen molar-refractivity contribution in [1.29, 1.82) is 0 Å². The largest absolute Gasteiger partial charge is 0.452 e. The maximum atomic E-state index is 13.6. The van der Waals surface area contributed by atoms with E-state index < -0.39 is 24.3 Å². The Kier molecular flexibility index (Phi) is 6.24. The van der Waals surface area contributed by atoms with Gasteiger partial charge in [-0.3, -0.25) is 9.59 Å². The Balaban J connectivity index is 1.90. The number of anilines is 1. The smallest absolute Gasteiger partial charge is 0.341 e. The fourth-order valence-electron chi connectivity index (χ4n) is 1.91. The fourth-order valence-corrected chi connectivity index (χ4v) is 2.24. The molecule has 0 heterocycles. The van der Waals surface area contributed by atoms with Crippen LogP contribution in [0, 0.1) is 5.82 Å². The molecule has 6 nitrogen and oxygen atoms in total. The minimum absolute atomic E-state index is 0.247. The van der Waals surface area contributed by atoms with E-state index in [1.54, 1.807) is 12.1 Å². The predicted molar refractivity (Wildman–Crippen MR) is 92.8 cm³/mol. The van der Waals surface area contributed by atoms with Crippen LogP contribution in [0.3, 0.4) is 0 Å². The second kappa shape index (κ2) is 8.39. The average molecular weight is 409 g/mol. The van der Waals surface area contributed by atoms with Crippen molar-refractivity contribution in [2.45, 2.75) is 0 Å². The Hall–Kier alpha value is -2.74. The first-order chi connectivity index (χ1) is 11.9. The van der Waals surface area contributed by atoms with Gasteiger partial charge in [-0.2, -0.15) is 0 Å². The van der Waals surface area contributed by atoms with Crippen LogP contribution in [-0.4, -0.2) is 31.4 Å². The van der Waals surface area contributed by atoms with E-state index in [1.807, 2.05) is 0 Å². The average Bonchev–Trinajstić information content (AvgIpc) is 2.59. The van der Waals surface area contributed by atoms with Crippen molar-refractivity contribution in [3.63, 3.8) is 0 Å². The van der Waals surface area contributed by atoms with Gasteiger partial charge in [-0.05, 0) is 42.5 Å². The van der Waals surface area contributed by atoms with E-state index in [0.717, 1.165) is 6.07 Å². The minimum atomic E-state index is -0.935. The normalized spacial score (nSPS) is 10.0. The van der Waals surface area contributed by atoms with Crippen molar-refractivity contribution in [2.75, 3.05) is 19.0 Å². The van der Waals surface area contributed by atoms with Crippen molar-refractivity contribution in [1.82, 2.24) is 5.32 Å². The zero-order valence-electron chi connectivity index (χ0n) is 13.1. The summed E-state index contributed by atoms with van der Waals surface area (Å²) in [7, 11) is 1.51. The molecule has 2 N–H and O–H groups in total. The summed E-state index contributed by atoms with van der Waals surface area (Å²) in [5.41, 5.74) is 0.618. The number of hydrogen-bond donors (Lipinski definition) is 2. The summed E-state index contributed by atoms with van der Waals surface area (Å²) in [6, 6.07) is 10.0. The number of carbonyl (C=O) groups excluding carboxylic acids is 3. The number of benzene rings is 2. The van der Waals surface area contributed by atoms with Crippen LogP contribution < -0.4 is 10.6 Å². The Morgan fingerprint density at radius 2 is 1.80 bits per heavy atom. The van der Waals surface area contributed by atoms with Crippen molar-refractivity contribution >= 4 is 39.4 Å². The molecule has 2 aromatic carbocycles. The minimum Gasteiger partial charge on any atom is -0.452 e. The second-order valence-corrected chi connectivity index (χ2v) is 5.82. The summed E-state index contributed by atoms with van der Waals surface area (Å²) in [4.78, 5) is 35.0. The van der Waals surface area contributed by atoms with Crippen molar-refractivity contribution in [3.05, 3.63) is 63.9 Å². The van der Waals surface area contributed by atoms with Crippen molar-refractivity contribution < 1.29 is 23.5 Å². The van der Waals surface area contributed by atoms with Crippen LogP contribution in [0.15, 0.2) is 46.9 Å². The molecule has 0 radical (unpaired) electrons. The number of hydrogen-bond acceptors (Lipinski definition) is 4. The van der Waals surface area contributed by atoms with Crippen LogP contribution in [0.2, 0.25) is 0 Å². The highest BCUT2D eigenvalue weighted by atomic mass is 79.9. The number of nitrogens with one attached hydrogen (secondary N) is 2. The SMILES string of the molecule is CNC(=O)c1ccc(NC(=O)COC(=O)c2ccc(Br)cc2F)cc1. The summed E-state index contributed by atoms with van der Waals surface area (Å²) in [6.45, 7) is -0.564. The quantitative estimate of drug-likeness (QED) is 0.744. The summed E-state index contributed by atoms with van der Waals surface area (Å²) in [6.07, 6.45) is 0. The molecule has 0 atom stereocenters. The second-order valence-electron chi connectivity index (χ2n) is 4.90. The molecule has 2 rings (SSSR count). The molecule has 0 unspecified atom stereocenters. The molecule has 2 aromatic rings. The van der Waals surface area contributed by atoms with E-state index in [-0.39, 0.29) is 11.5 Å². The molecule has 0 aliphatic heterocycles. The number of esters is 1. The lowest BCUT2D eigenvalue weighted by molar-refractivity contribution is -0.119. The van der Waals surface area contributed by atoms with Gasteiger partial charge in [-0.15, -0.1) is 0 Å². The van der Waals surface area contributed by atoms with E-state index in [0.29, 0.717) is 15.7 Å². The highest BCUT2D eigenvalue weighted by Crippen LogP contribution is 2.16. The first kappa shape index (κ1) is 18.6. The summed E-state index contributed by atoms with van der Waals surface area (Å²) in [5, 5.41) is 4.99. The van der Waals surface area contributed by atoms with Crippen LogP contribution in [0.5, 0.6) is 0 Å². The molecule has 0 aliphatic rings. The summed E-state index contributed by atoms with van der Waals surface area (Å²) >= 11 is 3.08. The van der Waals surface area contributed by atoms with Gasteiger partial charge in [0.1, 0.15) is 5.82 Å². The molecule has 0 aliphatic carbocycles. The van der Waals surface area contributed by atoms with E-state index in [9.17, 15) is 18.8 Å². The van der Waals surface area contributed by atoms with Gasteiger partial charge < -0.3 is 15.4 Å². The third kappa shape index (κ3) is 5.12. The standard InChI is InChI=1S/C17H14BrFN2O4/c1-20-16(23)10-2-5-12(6-3-10)21-15(22)9-25-17(24)13-7-4-11(18)8-14(13)19/h2-8H,9H2,1H3,(H,20,23)(H,21,22). The number of carbonyl (C=O) groups is 3. The lowest BCUT2D eigenvalue weighted by atomic mass is 10.2. The molecule has 0 saturated heterocycles. The molecule has 0 aromatic heterocycles. The Morgan fingerprint density at radius 3 is 2.40 bits per heavy atom. The van der Waals surface area contributed by atoms with Crippen molar-refractivity contribution in [2.24, 2.45) is 0 Å². The van der Waals surface area contributed by atoms with Gasteiger partial charge in [0.05, 0.1) is 5.56 Å². The maximum absolute atomic E-state index is 13.6. The molecular formula is C17H14BrFN2O4. The Bertz CT molecular complexity index is 809. The van der Waals surface area contributed by atoms with Gasteiger partial charge in [0.25, 0.3) is 11.8 Å². The maximum Gasteiger partial charge on any atom is 0.341 e. The topological polar surface area (TPSA) is 84.5 Å². The van der Waals surface area contributed by atoms with Crippen LogP contribution >= 0.6 is 15.9 Å². The monoisotopic (exact) mass is 408 g/mol. The van der Waals surface area contributed by atoms with E-state index >= 15 is 0 Å². The first-order valence-corrected chi connectivity index (χ1v) is 7.94. The third-order valence-corrected chi connectivity index (χ3v) is 3.64. The highest BCUT2D eigenvalue weighted by molar-refractivity contribution is 9.10. The zero-order valence-corrected chi connectivity index (χ0v) is 14.7. The molecule has 0 spiro atoms. The van der Waals surface area contributed by atoms with Gasteiger partial charge in [-0.1, -0.05) is 15.9 Å². The van der Waals surface area contributed by atoms with Gasteiger partial charge in [0.2, 0.25) is 0 Å². The molecule has 0 fully saturated rings. The predicted octanol–water partition coefficient (Wildman–Crippen LogP) is 2.74. The van der Waals surface area contributed by atoms with Gasteiger partial charge in [0.15, 0.2) is 6.61 Å². The molecule has 0 bridgehead atoms. The Labute approximate surface area is 151 Å². The lowest BCUT2D eigenvalue weighted by Crippen LogP contribution is -2.21. The summed E-state index contributed by atoms with van der Waals surface area (Å²) in [5.74, 6) is -2.51. The Morgan fingerprint density at radius 1 is 1.12 bits per heavy atom. The number of amides is 2. The number of rotatable bonds is 5. The van der Waals surface area contributed by atoms with Crippen molar-refractivity contribution in [3.8, 4) is 0 Å². The summed E-state index contributed by atoms with van der Waals surface area (Å²) < 4.78 is 18.9. The van der Waals surface area contributed by atoms with E-state index in [1.165, 1.54) is 31.3 Å². The van der Waals surface area contributed by atoms with Gasteiger partial charge in [0, 0.05) is 22.8 Å². The van der Waals surface area contributed by atoms with Crippen LogP contribution in [0.4, 0.5) is 10.1 Å². The van der Waals surface area contributed by atoms with Crippen LogP contribution in [-0.2, 0) is 9.53 Å². The van der Waals surface area contributed by atoms with Crippen LogP contribution in [0.1, 0.15) is 20.7 Å². The molecule has 2 amide bonds. The number of ether oxygens (including phenoxy) is 1. The van der Waals surface area contributed by atoms with Gasteiger partial charge >= 0.3 is 5.97 Å². The molecule has 8 heteroatoms. The third-order valence-electron chi connectivity index (χ3n) is 3.14. The lowest BCUT2D eigenvalue weighted by Gasteiger charge is -2.08. The number of halogens is 2. The molecule has 130 valence electrons. The molecular weight excluding hydrogens is 395 g/mol. The molecule has 0 saturated carbocycles. The first-order valence-electron chi connectivity index (χ1n) is 7.15. The van der Waals surface area contributed by atoms with E-state index in [2.05, 4.69) is 26.6 Å². The highest BCUT2D eigenvalue weighted by Gasteiger charge is 2.15. The van der Waals surface area contributed by atoms with E-state index in [4.69, 9.17) is 4.74 Å². The molecule has 25 heavy (non-hydrogen) atoms. The van der Waals surface area contributed by atoms with Gasteiger partial charge in [-0.25, -0.2) is 9.18 Å². The zero-order chi connectivity index (χ0) is 18.4. The van der Waals surface area contributed by atoms with Crippen LogP contribution in [0.25, 0.3) is 0 Å². The fraction of sp³-hybridized carbons (Fsp3) is 0.118.